The van der Waals surface area contributed by atoms with Crippen molar-refractivity contribution in [1.82, 2.24) is 5.32 Å². The molecular weight excluding hydrogens is 258 g/mol. The first-order valence-electron chi connectivity index (χ1n) is 9.44. The van der Waals surface area contributed by atoms with E-state index in [1.807, 2.05) is 0 Å². The molecule has 1 aliphatic heterocycles. The van der Waals surface area contributed by atoms with E-state index in [0.29, 0.717) is 11.5 Å². The van der Waals surface area contributed by atoms with Gasteiger partial charge in [0.25, 0.3) is 0 Å². The van der Waals surface area contributed by atoms with Gasteiger partial charge in [-0.1, -0.05) is 40.0 Å². The van der Waals surface area contributed by atoms with Crippen LogP contribution in [-0.4, -0.2) is 24.8 Å². The molecule has 3 aliphatic rings. The lowest BCUT2D eigenvalue weighted by atomic mass is 9.69. The second kappa shape index (κ2) is 6.20. The van der Waals surface area contributed by atoms with Gasteiger partial charge in [-0.2, -0.15) is 0 Å². The minimum Gasteiger partial charge on any atom is -0.375 e. The summed E-state index contributed by atoms with van der Waals surface area (Å²) in [6.07, 6.45) is 12.2. The summed E-state index contributed by atoms with van der Waals surface area (Å²) in [6, 6.07) is 0.717. The number of hydrogen-bond acceptors (Lipinski definition) is 2. The zero-order valence-electron chi connectivity index (χ0n) is 14.4. The van der Waals surface area contributed by atoms with Crippen molar-refractivity contribution in [2.75, 3.05) is 13.2 Å². The van der Waals surface area contributed by atoms with E-state index in [1.54, 1.807) is 0 Å². The molecule has 2 aliphatic carbocycles. The maximum atomic E-state index is 6.27. The maximum Gasteiger partial charge on any atom is 0.0685 e. The molecule has 0 aromatic heterocycles. The van der Waals surface area contributed by atoms with Gasteiger partial charge in [0.1, 0.15) is 0 Å². The highest BCUT2D eigenvalue weighted by Gasteiger charge is 2.47. The Morgan fingerprint density at radius 3 is 2.48 bits per heavy atom. The van der Waals surface area contributed by atoms with Crippen LogP contribution in [0.1, 0.15) is 78.6 Å². The van der Waals surface area contributed by atoms with Gasteiger partial charge < -0.3 is 10.1 Å². The first-order valence-corrected chi connectivity index (χ1v) is 9.44. The van der Waals surface area contributed by atoms with Crippen LogP contribution in [0.2, 0.25) is 0 Å². The second-order valence-electron chi connectivity index (χ2n) is 8.56. The first kappa shape index (κ1) is 15.8. The fraction of sp³-hybridized carbons (Fsp3) is 1.00. The number of ether oxygens (including phenoxy) is 1. The molecule has 1 saturated heterocycles. The average molecular weight is 293 g/mol. The molecule has 1 N–H and O–H groups in total. The Labute approximate surface area is 131 Å². The van der Waals surface area contributed by atoms with E-state index < -0.39 is 0 Å². The lowest BCUT2D eigenvalue weighted by molar-refractivity contribution is -0.103. The smallest absolute Gasteiger partial charge is 0.0685 e. The van der Waals surface area contributed by atoms with Gasteiger partial charge in [0.05, 0.1) is 5.60 Å². The van der Waals surface area contributed by atoms with Crippen molar-refractivity contribution in [3.05, 3.63) is 0 Å². The summed E-state index contributed by atoms with van der Waals surface area (Å²) in [5.74, 6) is 1.69. The fourth-order valence-corrected chi connectivity index (χ4v) is 5.63. The third-order valence-corrected chi connectivity index (χ3v) is 6.77. The Kier molecular flexibility index (Phi) is 4.66. The van der Waals surface area contributed by atoms with Gasteiger partial charge in [0.15, 0.2) is 0 Å². The second-order valence-corrected chi connectivity index (χ2v) is 8.56. The van der Waals surface area contributed by atoms with Crippen LogP contribution in [-0.2, 0) is 4.74 Å². The summed E-state index contributed by atoms with van der Waals surface area (Å²) >= 11 is 0. The molecule has 0 amide bonds. The summed E-state index contributed by atoms with van der Waals surface area (Å²) in [6.45, 7) is 9.39. The first-order chi connectivity index (χ1) is 10.1. The third kappa shape index (κ3) is 3.17. The van der Waals surface area contributed by atoms with Gasteiger partial charge in [0, 0.05) is 12.6 Å². The maximum absolute atomic E-state index is 6.27. The molecule has 3 unspecified atom stereocenters. The number of rotatable bonds is 4. The topological polar surface area (TPSA) is 21.3 Å². The highest BCUT2D eigenvalue weighted by molar-refractivity contribution is 5.00. The molecule has 3 atom stereocenters. The molecule has 0 bridgehead atoms. The monoisotopic (exact) mass is 293 g/mol. The van der Waals surface area contributed by atoms with Crippen molar-refractivity contribution in [3.8, 4) is 0 Å². The van der Waals surface area contributed by atoms with E-state index in [0.717, 1.165) is 25.0 Å². The van der Waals surface area contributed by atoms with Crippen LogP contribution in [0.4, 0.5) is 0 Å². The van der Waals surface area contributed by atoms with Crippen LogP contribution < -0.4 is 5.32 Å². The third-order valence-electron chi connectivity index (χ3n) is 6.77. The predicted octanol–water partition coefficient (Wildman–Crippen LogP) is 4.53. The normalized spacial score (nSPS) is 36.1. The van der Waals surface area contributed by atoms with E-state index in [2.05, 4.69) is 26.1 Å². The molecule has 2 nitrogen and oxygen atoms in total. The summed E-state index contributed by atoms with van der Waals surface area (Å²) in [4.78, 5) is 0. The molecule has 0 aromatic carbocycles. The summed E-state index contributed by atoms with van der Waals surface area (Å²) in [5.41, 5.74) is 0.785. The van der Waals surface area contributed by atoms with Crippen LogP contribution in [0.3, 0.4) is 0 Å². The fourth-order valence-electron chi connectivity index (χ4n) is 5.63. The molecule has 3 fully saturated rings. The van der Waals surface area contributed by atoms with Crippen molar-refractivity contribution in [1.29, 1.82) is 0 Å². The Morgan fingerprint density at radius 2 is 1.86 bits per heavy atom. The average Bonchev–Trinajstić information content (AvgIpc) is 3.03. The molecular formula is C19H35NO. The minimum absolute atomic E-state index is 0.263. The van der Waals surface area contributed by atoms with Crippen LogP contribution in [0.5, 0.6) is 0 Å². The summed E-state index contributed by atoms with van der Waals surface area (Å²) < 4.78 is 6.27. The van der Waals surface area contributed by atoms with Gasteiger partial charge in [-0.3, -0.25) is 0 Å². The van der Waals surface area contributed by atoms with E-state index in [4.69, 9.17) is 4.74 Å². The Balaban J connectivity index is 1.74. The zero-order chi connectivity index (χ0) is 14.9. The van der Waals surface area contributed by atoms with Crippen molar-refractivity contribution in [3.63, 3.8) is 0 Å². The summed E-state index contributed by atoms with van der Waals surface area (Å²) in [7, 11) is 0. The molecule has 122 valence electrons. The van der Waals surface area contributed by atoms with Gasteiger partial charge >= 0.3 is 0 Å². The largest absolute Gasteiger partial charge is 0.375 e. The van der Waals surface area contributed by atoms with Crippen molar-refractivity contribution in [2.45, 2.75) is 90.2 Å². The van der Waals surface area contributed by atoms with Gasteiger partial charge in [-0.15, -0.1) is 0 Å². The molecule has 0 radical (unpaired) electrons. The summed E-state index contributed by atoms with van der Waals surface area (Å²) in [5, 5.41) is 3.90. The number of hydrogen-bond donors (Lipinski definition) is 1. The molecule has 1 spiro atoms. The van der Waals surface area contributed by atoms with E-state index in [1.165, 1.54) is 57.8 Å². The predicted molar refractivity (Wildman–Crippen MR) is 88.5 cm³/mol. The van der Waals surface area contributed by atoms with Crippen LogP contribution in [0.25, 0.3) is 0 Å². The van der Waals surface area contributed by atoms with E-state index in [9.17, 15) is 0 Å². The van der Waals surface area contributed by atoms with Crippen molar-refractivity contribution in [2.24, 2.45) is 17.3 Å². The highest BCUT2D eigenvalue weighted by atomic mass is 16.5. The molecule has 1 heterocycles. The van der Waals surface area contributed by atoms with Crippen molar-refractivity contribution >= 4 is 0 Å². The Bertz CT molecular complexity index is 345. The quantitative estimate of drug-likeness (QED) is 0.822. The highest BCUT2D eigenvalue weighted by Crippen LogP contribution is 2.49. The Morgan fingerprint density at radius 1 is 1.10 bits per heavy atom. The van der Waals surface area contributed by atoms with Crippen LogP contribution in [0.15, 0.2) is 0 Å². The Hall–Kier alpha value is -0.0800. The van der Waals surface area contributed by atoms with Gasteiger partial charge in [0.2, 0.25) is 0 Å². The van der Waals surface area contributed by atoms with Gasteiger partial charge in [-0.05, 0) is 62.3 Å². The van der Waals surface area contributed by atoms with Crippen LogP contribution >= 0.6 is 0 Å². The minimum atomic E-state index is 0.263. The molecule has 2 heteroatoms. The molecule has 21 heavy (non-hydrogen) atoms. The van der Waals surface area contributed by atoms with Gasteiger partial charge in [-0.25, -0.2) is 0 Å². The molecule has 2 saturated carbocycles. The number of nitrogens with one attached hydrogen (secondary N) is 1. The molecule has 0 aromatic rings. The standard InChI is InChI=1S/C19H35NO/c1-4-20-17(16-8-7-10-18(16,2)3)15-9-13-21-19(14-15)11-5-6-12-19/h15-17,20H,4-14H2,1-3H3. The van der Waals surface area contributed by atoms with E-state index >= 15 is 0 Å². The van der Waals surface area contributed by atoms with Crippen molar-refractivity contribution < 1.29 is 4.74 Å². The van der Waals surface area contributed by atoms with Crippen LogP contribution in [0, 0.1) is 17.3 Å². The lowest BCUT2D eigenvalue weighted by Crippen LogP contribution is -2.50. The zero-order valence-corrected chi connectivity index (χ0v) is 14.4. The lowest BCUT2D eigenvalue weighted by Gasteiger charge is -2.45. The van der Waals surface area contributed by atoms with E-state index in [-0.39, 0.29) is 5.60 Å². The SMILES string of the molecule is CCNC(C1CCOC2(CCCC2)C1)C1CCCC1(C)C. The molecule has 3 rings (SSSR count).